The second-order valence-corrected chi connectivity index (χ2v) is 7.99. The number of likely N-dealkylation sites (tertiary alicyclic amines) is 1. The number of benzene rings is 1. The highest BCUT2D eigenvalue weighted by Crippen LogP contribution is 2.29. The summed E-state index contributed by atoms with van der Waals surface area (Å²) in [6.07, 6.45) is 1.78. The maximum atomic E-state index is 12.2. The van der Waals surface area contributed by atoms with Crippen molar-refractivity contribution in [1.82, 2.24) is 14.7 Å². The van der Waals surface area contributed by atoms with Crippen LogP contribution >= 0.6 is 0 Å². The number of nitrogens with zero attached hydrogens (tertiary/aromatic N) is 4. The van der Waals surface area contributed by atoms with E-state index < -0.39 is 10.0 Å². The standard InChI is InChI=1S/C16H22N4O3S/c1-18(2)16(21)19(3)12-7-6-10-20(11-12)15-13-8-4-5-9-14(13)24(22,23)17-15/h4-5,8-9,12H,6-7,10-11H2,1-3H3. The van der Waals surface area contributed by atoms with E-state index in [1.807, 2.05) is 11.0 Å². The number of carbonyl (C=O) groups is 1. The number of likely N-dealkylation sites (N-methyl/N-ethyl adjacent to an activating group) is 1. The van der Waals surface area contributed by atoms with Crippen molar-refractivity contribution >= 4 is 21.9 Å². The van der Waals surface area contributed by atoms with Crippen LogP contribution in [0.4, 0.5) is 4.79 Å². The van der Waals surface area contributed by atoms with Crippen LogP contribution in [-0.2, 0) is 10.0 Å². The molecule has 0 bridgehead atoms. The zero-order valence-electron chi connectivity index (χ0n) is 14.1. The van der Waals surface area contributed by atoms with Crippen LogP contribution in [0.2, 0.25) is 0 Å². The van der Waals surface area contributed by atoms with E-state index in [0.29, 0.717) is 17.9 Å². The first-order chi connectivity index (χ1) is 11.3. The molecule has 0 aromatic heterocycles. The van der Waals surface area contributed by atoms with Crippen LogP contribution in [0.25, 0.3) is 0 Å². The van der Waals surface area contributed by atoms with Gasteiger partial charge in [-0.3, -0.25) is 0 Å². The molecule has 0 radical (unpaired) electrons. The van der Waals surface area contributed by atoms with Crippen LogP contribution in [0.15, 0.2) is 33.6 Å². The number of piperidine rings is 1. The quantitative estimate of drug-likeness (QED) is 0.763. The van der Waals surface area contributed by atoms with E-state index in [4.69, 9.17) is 0 Å². The topological polar surface area (TPSA) is 73.3 Å². The molecule has 0 spiro atoms. The van der Waals surface area contributed by atoms with Crippen LogP contribution in [0.5, 0.6) is 0 Å². The van der Waals surface area contributed by atoms with Crippen LogP contribution in [0, 0.1) is 0 Å². The second kappa shape index (κ2) is 6.08. The van der Waals surface area contributed by atoms with Crippen LogP contribution < -0.4 is 0 Å². The van der Waals surface area contributed by atoms with E-state index in [-0.39, 0.29) is 17.0 Å². The van der Waals surface area contributed by atoms with Gasteiger partial charge in [-0.2, -0.15) is 8.42 Å². The number of rotatable bonds is 1. The lowest BCUT2D eigenvalue weighted by Crippen LogP contribution is -2.52. The molecular weight excluding hydrogens is 328 g/mol. The first-order valence-electron chi connectivity index (χ1n) is 7.94. The molecule has 2 aliphatic rings. The van der Waals surface area contributed by atoms with Crippen molar-refractivity contribution in [3.05, 3.63) is 29.8 Å². The van der Waals surface area contributed by atoms with E-state index in [1.54, 1.807) is 49.1 Å². The molecule has 130 valence electrons. The minimum Gasteiger partial charge on any atom is -0.353 e. The Bertz CT molecular complexity index is 788. The molecule has 24 heavy (non-hydrogen) atoms. The van der Waals surface area contributed by atoms with Gasteiger partial charge >= 0.3 is 6.03 Å². The highest BCUT2D eigenvalue weighted by atomic mass is 32.2. The van der Waals surface area contributed by atoms with Crippen LogP contribution in [0.1, 0.15) is 18.4 Å². The summed E-state index contributed by atoms with van der Waals surface area (Å²) in [6.45, 7) is 1.32. The summed E-state index contributed by atoms with van der Waals surface area (Å²) in [6, 6.07) is 6.88. The molecule has 0 saturated carbocycles. The van der Waals surface area contributed by atoms with E-state index in [9.17, 15) is 13.2 Å². The fourth-order valence-electron chi connectivity index (χ4n) is 3.25. The van der Waals surface area contributed by atoms with Gasteiger partial charge in [0.1, 0.15) is 4.90 Å². The van der Waals surface area contributed by atoms with E-state index in [0.717, 1.165) is 19.4 Å². The Labute approximate surface area is 142 Å². The number of urea groups is 1. The molecule has 1 fully saturated rings. The summed E-state index contributed by atoms with van der Waals surface area (Å²) in [5, 5.41) is 0. The van der Waals surface area contributed by atoms with Crippen molar-refractivity contribution in [3.8, 4) is 0 Å². The van der Waals surface area contributed by atoms with Crippen molar-refractivity contribution in [2.75, 3.05) is 34.2 Å². The summed E-state index contributed by atoms with van der Waals surface area (Å²) < 4.78 is 28.5. The van der Waals surface area contributed by atoms with Crippen molar-refractivity contribution in [3.63, 3.8) is 0 Å². The SMILES string of the molecule is CN(C)C(=O)N(C)C1CCCN(C2=NS(=O)(=O)c3ccccc32)C1. The van der Waals surface area contributed by atoms with Crippen LogP contribution in [-0.4, -0.2) is 75.3 Å². The van der Waals surface area contributed by atoms with E-state index in [1.165, 1.54) is 0 Å². The summed E-state index contributed by atoms with van der Waals surface area (Å²) in [7, 11) is 1.63. The van der Waals surface area contributed by atoms with Gasteiger partial charge in [-0.1, -0.05) is 12.1 Å². The number of hydrogen-bond donors (Lipinski definition) is 0. The summed E-state index contributed by atoms with van der Waals surface area (Å²) in [5.41, 5.74) is 0.653. The van der Waals surface area contributed by atoms with Crippen LogP contribution in [0.3, 0.4) is 0 Å². The molecule has 2 amide bonds. The fraction of sp³-hybridized carbons (Fsp3) is 0.500. The van der Waals surface area contributed by atoms with Crippen molar-refractivity contribution < 1.29 is 13.2 Å². The van der Waals surface area contributed by atoms with Gasteiger partial charge in [0.05, 0.1) is 6.04 Å². The monoisotopic (exact) mass is 350 g/mol. The summed E-state index contributed by atoms with van der Waals surface area (Å²) in [4.78, 5) is 17.7. The highest BCUT2D eigenvalue weighted by molar-refractivity contribution is 7.90. The average molecular weight is 350 g/mol. The number of hydrogen-bond acceptors (Lipinski definition) is 4. The third-order valence-corrected chi connectivity index (χ3v) is 5.87. The third kappa shape index (κ3) is 2.86. The Morgan fingerprint density at radius 3 is 2.67 bits per heavy atom. The zero-order chi connectivity index (χ0) is 17.5. The van der Waals surface area contributed by atoms with Gasteiger partial charge in [0.25, 0.3) is 10.0 Å². The van der Waals surface area contributed by atoms with Crippen molar-refractivity contribution in [1.29, 1.82) is 0 Å². The van der Waals surface area contributed by atoms with Gasteiger partial charge in [0.2, 0.25) is 0 Å². The van der Waals surface area contributed by atoms with E-state index in [2.05, 4.69) is 4.40 Å². The molecule has 0 N–H and O–H groups in total. The Morgan fingerprint density at radius 2 is 1.96 bits per heavy atom. The Hall–Kier alpha value is -2.09. The van der Waals surface area contributed by atoms with Gasteiger partial charge in [0.15, 0.2) is 5.84 Å². The van der Waals surface area contributed by atoms with Gasteiger partial charge in [-0.25, -0.2) is 4.79 Å². The van der Waals surface area contributed by atoms with Gasteiger partial charge in [0, 0.05) is 39.8 Å². The maximum Gasteiger partial charge on any atom is 0.319 e. The summed E-state index contributed by atoms with van der Waals surface area (Å²) >= 11 is 0. The lowest BCUT2D eigenvalue weighted by atomic mass is 10.0. The van der Waals surface area contributed by atoms with Gasteiger partial charge in [-0.05, 0) is 25.0 Å². The Kier molecular flexibility index (Phi) is 4.25. The number of amides is 2. The maximum absolute atomic E-state index is 12.2. The fourth-order valence-corrected chi connectivity index (χ4v) is 4.48. The molecule has 1 unspecified atom stereocenters. The molecule has 1 aromatic carbocycles. The molecule has 2 heterocycles. The highest BCUT2D eigenvalue weighted by Gasteiger charge is 2.35. The number of amidine groups is 1. The number of carbonyl (C=O) groups excluding carboxylic acids is 1. The third-order valence-electron chi connectivity index (χ3n) is 4.54. The predicted molar refractivity (Wildman–Crippen MR) is 91.6 cm³/mol. The lowest BCUT2D eigenvalue weighted by Gasteiger charge is -2.39. The molecule has 2 aliphatic heterocycles. The Balaban J connectivity index is 1.85. The summed E-state index contributed by atoms with van der Waals surface area (Å²) in [5.74, 6) is 0.501. The number of sulfonamides is 1. The zero-order valence-corrected chi connectivity index (χ0v) is 15.0. The smallest absolute Gasteiger partial charge is 0.319 e. The minimum absolute atomic E-state index is 0.0341. The molecule has 1 atom stereocenters. The molecule has 7 nitrogen and oxygen atoms in total. The largest absolute Gasteiger partial charge is 0.353 e. The van der Waals surface area contributed by atoms with Crippen molar-refractivity contribution in [2.24, 2.45) is 4.40 Å². The lowest BCUT2D eigenvalue weighted by molar-refractivity contribution is 0.137. The molecule has 0 aliphatic carbocycles. The second-order valence-electron chi connectivity index (χ2n) is 6.42. The Morgan fingerprint density at radius 1 is 1.25 bits per heavy atom. The first-order valence-corrected chi connectivity index (χ1v) is 9.38. The molecule has 3 rings (SSSR count). The van der Waals surface area contributed by atoms with Gasteiger partial charge < -0.3 is 14.7 Å². The number of fused-ring (bicyclic) bond motifs is 1. The predicted octanol–water partition coefficient (Wildman–Crippen LogP) is 1.21. The molecule has 1 aromatic rings. The molecule has 8 heteroatoms. The molecule has 1 saturated heterocycles. The normalized spacial score (nSPS) is 21.9. The average Bonchev–Trinajstić information content (AvgIpc) is 2.85. The first kappa shape index (κ1) is 16.8. The van der Waals surface area contributed by atoms with E-state index >= 15 is 0 Å². The minimum atomic E-state index is -3.61. The molecular formula is C16H22N4O3S. The van der Waals surface area contributed by atoms with Gasteiger partial charge in [-0.15, -0.1) is 4.40 Å². The van der Waals surface area contributed by atoms with Crippen molar-refractivity contribution in [2.45, 2.75) is 23.8 Å².